The van der Waals surface area contributed by atoms with Crippen molar-refractivity contribution in [1.82, 2.24) is 10.6 Å². The second kappa shape index (κ2) is 12.6. The number of anilines is 1. The maximum atomic E-state index is 12.2. The first-order chi connectivity index (χ1) is 16.4. The first-order valence-electron chi connectivity index (χ1n) is 10.9. The molecule has 0 aliphatic rings. The summed E-state index contributed by atoms with van der Waals surface area (Å²) in [5, 5.41) is 8.62. The fourth-order valence-electron chi connectivity index (χ4n) is 3.26. The van der Waals surface area contributed by atoms with Crippen molar-refractivity contribution >= 4 is 33.8 Å². The molecule has 178 valence electrons. The van der Waals surface area contributed by atoms with Gasteiger partial charge in [-0.1, -0.05) is 58.4 Å². The molecule has 0 saturated carbocycles. The molecule has 2 amide bonds. The number of carbonyl (C=O) groups excluding carboxylic acids is 2. The number of benzene rings is 3. The molecule has 1 atom stereocenters. The molecule has 3 aromatic carbocycles. The fraction of sp³-hybridized carbons (Fsp3) is 0.231. The number of hydrogen-bond donors (Lipinski definition) is 3. The van der Waals surface area contributed by atoms with Gasteiger partial charge in [-0.2, -0.15) is 0 Å². The fourth-order valence-corrected chi connectivity index (χ4v) is 3.73. The maximum Gasteiger partial charge on any atom is 0.412 e. The van der Waals surface area contributed by atoms with Crippen LogP contribution in [0.25, 0.3) is 0 Å². The van der Waals surface area contributed by atoms with Crippen LogP contribution in [0, 0.1) is 6.92 Å². The molecule has 0 radical (unpaired) electrons. The Labute approximate surface area is 208 Å². The van der Waals surface area contributed by atoms with Crippen LogP contribution in [0.4, 0.5) is 15.3 Å². The molecule has 3 N–H and O–H groups in total. The Morgan fingerprint density at radius 1 is 0.971 bits per heavy atom. The molecular weight excluding hydrogens is 498 g/mol. The first kappa shape index (κ1) is 25.1. The van der Waals surface area contributed by atoms with Gasteiger partial charge in [0.15, 0.2) is 0 Å². The van der Waals surface area contributed by atoms with Gasteiger partial charge in [-0.3, -0.25) is 0 Å². The van der Waals surface area contributed by atoms with Crippen LogP contribution in [0.2, 0.25) is 0 Å². The summed E-state index contributed by atoms with van der Waals surface area (Å²) >= 11 is 3.45. The molecule has 0 saturated heterocycles. The molecule has 34 heavy (non-hydrogen) atoms. The number of carbonyl (C=O) groups is 2. The van der Waals surface area contributed by atoms with Gasteiger partial charge in [0.2, 0.25) is 0 Å². The summed E-state index contributed by atoms with van der Waals surface area (Å²) in [6.45, 7) is 4.48. The highest BCUT2D eigenvalue weighted by Crippen LogP contribution is 2.18. The third kappa shape index (κ3) is 8.44. The number of hydrogen-bond acceptors (Lipinski definition) is 5. The van der Waals surface area contributed by atoms with Crippen LogP contribution in [-0.2, 0) is 17.8 Å². The lowest BCUT2D eigenvalue weighted by atomic mass is 10.1. The monoisotopic (exact) mass is 525 g/mol. The summed E-state index contributed by atoms with van der Waals surface area (Å²) in [6.07, 6.45) is -0.750. The summed E-state index contributed by atoms with van der Waals surface area (Å²) in [6, 6.07) is 22.5. The van der Waals surface area contributed by atoms with Crippen molar-refractivity contribution in [2.45, 2.75) is 33.0 Å². The summed E-state index contributed by atoms with van der Waals surface area (Å²) in [7, 11) is 0. The van der Waals surface area contributed by atoms with Gasteiger partial charge in [0, 0.05) is 22.8 Å². The highest BCUT2D eigenvalue weighted by molar-refractivity contribution is 9.10. The number of aryl methyl sites for hydroxylation is 1. The standard InChI is InChI=1S/C26H28BrN3O4/c1-18-15-22(27)12-11-21(18)13-14-28-25(31)34-24-10-6-9-23(16-24)29-19(2)30-26(32)33-17-20-7-4-3-5-8-20/h3-12,15-16,19,29H,13-14,17H2,1-2H3,(H,28,31)(H,30,32). The van der Waals surface area contributed by atoms with Crippen molar-refractivity contribution in [3.63, 3.8) is 0 Å². The molecule has 0 spiro atoms. The average Bonchev–Trinajstić information content (AvgIpc) is 2.80. The Hall–Kier alpha value is -3.52. The SMILES string of the molecule is Cc1cc(Br)ccc1CCNC(=O)Oc1cccc(NC(C)NC(=O)OCc2ccccc2)c1. The topological polar surface area (TPSA) is 88.7 Å². The minimum Gasteiger partial charge on any atom is -0.445 e. The van der Waals surface area contributed by atoms with Crippen LogP contribution in [0.15, 0.2) is 77.3 Å². The van der Waals surface area contributed by atoms with Gasteiger partial charge in [-0.25, -0.2) is 9.59 Å². The average molecular weight is 526 g/mol. The molecule has 3 rings (SSSR count). The molecule has 0 aliphatic carbocycles. The number of ether oxygens (including phenoxy) is 2. The molecule has 3 aromatic rings. The molecule has 0 fully saturated rings. The van der Waals surface area contributed by atoms with Gasteiger partial charge in [-0.05, 0) is 61.2 Å². The summed E-state index contributed by atoms with van der Waals surface area (Å²) < 4.78 is 11.6. The number of amides is 2. The third-order valence-electron chi connectivity index (χ3n) is 4.94. The van der Waals surface area contributed by atoms with E-state index in [0.717, 1.165) is 15.6 Å². The van der Waals surface area contributed by atoms with Crippen LogP contribution in [-0.4, -0.2) is 24.9 Å². The van der Waals surface area contributed by atoms with E-state index in [-0.39, 0.29) is 6.61 Å². The third-order valence-corrected chi connectivity index (χ3v) is 5.44. The van der Waals surface area contributed by atoms with Gasteiger partial charge >= 0.3 is 12.2 Å². The number of halogens is 1. The predicted octanol–water partition coefficient (Wildman–Crippen LogP) is 5.77. The molecule has 0 bridgehead atoms. The van der Waals surface area contributed by atoms with E-state index in [1.807, 2.05) is 61.5 Å². The second-order valence-electron chi connectivity index (χ2n) is 7.74. The van der Waals surface area contributed by atoms with E-state index in [0.29, 0.717) is 24.4 Å². The Morgan fingerprint density at radius 2 is 1.76 bits per heavy atom. The molecule has 1 unspecified atom stereocenters. The van der Waals surface area contributed by atoms with Crippen LogP contribution in [0.5, 0.6) is 5.75 Å². The lowest BCUT2D eigenvalue weighted by molar-refractivity contribution is 0.137. The van der Waals surface area contributed by atoms with Crippen molar-refractivity contribution in [3.8, 4) is 5.75 Å². The van der Waals surface area contributed by atoms with Crippen LogP contribution < -0.4 is 20.7 Å². The maximum absolute atomic E-state index is 12.2. The van der Waals surface area contributed by atoms with Gasteiger partial charge in [0.05, 0.1) is 6.17 Å². The number of rotatable bonds is 9. The quantitative estimate of drug-likeness (QED) is 0.308. The molecule has 7 nitrogen and oxygen atoms in total. The summed E-state index contributed by atoms with van der Waals surface area (Å²) in [5.41, 5.74) is 3.92. The zero-order valence-corrected chi connectivity index (χ0v) is 20.7. The molecule has 0 aliphatic heterocycles. The van der Waals surface area contributed by atoms with E-state index < -0.39 is 18.4 Å². The minimum atomic E-state index is -0.531. The Kier molecular flexibility index (Phi) is 9.34. The van der Waals surface area contributed by atoms with Crippen molar-refractivity contribution in [2.24, 2.45) is 0 Å². The molecule has 8 heteroatoms. The van der Waals surface area contributed by atoms with Crippen LogP contribution in [0.1, 0.15) is 23.6 Å². The van der Waals surface area contributed by atoms with Gasteiger partial charge in [-0.15, -0.1) is 0 Å². The Morgan fingerprint density at radius 3 is 2.53 bits per heavy atom. The highest BCUT2D eigenvalue weighted by Gasteiger charge is 2.10. The van der Waals surface area contributed by atoms with E-state index in [2.05, 4.69) is 31.9 Å². The lowest BCUT2D eigenvalue weighted by Gasteiger charge is -2.17. The highest BCUT2D eigenvalue weighted by atomic mass is 79.9. The van der Waals surface area contributed by atoms with Crippen molar-refractivity contribution in [1.29, 1.82) is 0 Å². The van der Waals surface area contributed by atoms with E-state index in [4.69, 9.17) is 9.47 Å². The predicted molar refractivity (Wildman–Crippen MR) is 136 cm³/mol. The smallest absolute Gasteiger partial charge is 0.412 e. The normalized spacial score (nSPS) is 11.3. The Balaban J connectivity index is 1.41. The summed E-state index contributed by atoms with van der Waals surface area (Å²) in [5.74, 6) is 0.390. The molecule has 0 heterocycles. The van der Waals surface area contributed by atoms with Gasteiger partial charge in [0.1, 0.15) is 12.4 Å². The zero-order valence-electron chi connectivity index (χ0n) is 19.1. The van der Waals surface area contributed by atoms with Gasteiger partial charge in [0.25, 0.3) is 0 Å². The Bertz CT molecular complexity index is 1110. The van der Waals surface area contributed by atoms with E-state index in [1.54, 1.807) is 25.1 Å². The van der Waals surface area contributed by atoms with E-state index >= 15 is 0 Å². The van der Waals surface area contributed by atoms with E-state index in [1.165, 1.54) is 5.56 Å². The van der Waals surface area contributed by atoms with Crippen LogP contribution in [0.3, 0.4) is 0 Å². The molecule has 0 aromatic heterocycles. The number of alkyl carbamates (subject to hydrolysis) is 1. The van der Waals surface area contributed by atoms with Crippen molar-refractivity contribution in [2.75, 3.05) is 11.9 Å². The van der Waals surface area contributed by atoms with Crippen LogP contribution >= 0.6 is 15.9 Å². The number of nitrogens with one attached hydrogen (secondary N) is 3. The summed E-state index contributed by atoms with van der Waals surface area (Å²) in [4.78, 5) is 24.2. The largest absolute Gasteiger partial charge is 0.445 e. The first-order valence-corrected chi connectivity index (χ1v) is 11.7. The second-order valence-corrected chi connectivity index (χ2v) is 8.65. The van der Waals surface area contributed by atoms with Gasteiger partial charge < -0.3 is 25.4 Å². The lowest BCUT2D eigenvalue weighted by Crippen LogP contribution is -2.38. The zero-order chi connectivity index (χ0) is 24.3. The van der Waals surface area contributed by atoms with Crippen molar-refractivity contribution < 1.29 is 19.1 Å². The molecular formula is C26H28BrN3O4. The van der Waals surface area contributed by atoms with E-state index in [9.17, 15) is 9.59 Å². The minimum absolute atomic E-state index is 0.194. The van der Waals surface area contributed by atoms with Crippen molar-refractivity contribution in [3.05, 3.63) is 94.0 Å².